The van der Waals surface area contributed by atoms with E-state index in [1.54, 1.807) is 23.5 Å². The molecule has 106 valence electrons. The van der Waals surface area contributed by atoms with Gasteiger partial charge >= 0.3 is 0 Å². The van der Waals surface area contributed by atoms with Crippen LogP contribution in [0.2, 0.25) is 5.02 Å². The van der Waals surface area contributed by atoms with Crippen LogP contribution in [-0.2, 0) is 17.9 Å². The maximum atomic E-state index is 5.89. The molecule has 1 aromatic carbocycles. The van der Waals surface area contributed by atoms with Gasteiger partial charge in [0.1, 0.15) is 0 Å². The van der Waals surface area contributed by atoms with E-state index in [1.165, 1.54) is 0 Å². The van der Waals surface area contributed by atoms with Crippen LogP contribution in [0.4, 0.5) is 0 Å². The second-order valence-electron chi connectivity index (χ2n) is 4.24. The first-order chi connectivity index (χ1) is 9.69. The minimum absolute atomic E-state index is 0.302. The van der Waals surface area contributed by atoms with Crippen LogP contribution in [0.25, 0.3) is 0 Å². The van der Waals surface area contributed by atoms with Crippen LogP contribution in [0.5, 0.6) is 0 Å². The molecule has 0 amide bonds. The number of amidine groups is 1. The Morgan fingerprint density at radius 3 is 3.10 bits per heavy atom. The third-order valence-corrected chi connectivity index (χ3v) is 3.75. The van der Waals surface area contributed by atoms with Gasteiger partial charge in [-0.05, 0) is 25.0 Å². The van der Waals surface area contributed by atoms with Crippen LogP contribution in [0.15, 0.2) is 34.8 Å². The van der Waals surface area contributed by atoms with Gasteiger partial charge in [0.05, 0.1) is 10.7 Å². The van der Waals surface area contributed by atoms with Crippen molar-refractivity contribution in [2.45, 2.75) is 26.4 Å². The Morgan fingerprint density at radius 1 is 1.50 bits per heavy atom. The average Bonchev–Trinajstić information content (AvgIpc) is 2.87. The van der Waals surface area contributed by atoms with Crippen molar-refractivity contribution in [2.75, 3.05) is 0 Å². The van der Waals surface area contributed by atoms with Gasteiger partial charge in [-0.3, -0.25) is 0 Å². The first-order valence-corrected chi connectivity index (χ1v) is 7.59. The Kier molecular flexibility index (Phi) is 5.38. The van der Waals surface area contributed by atoms with Crippen molar-refractivity contribution < 1.29 is 4.84 Å². The van der Waals surface area contributed by atoms with Gasteiger partial charge < -0.3 is 10.6 Å². The summed E-state index contributed by atoms with van der Waals surface area (Å²) in [5, 5.41) is 7.61. The molecule has 6 heteroatoms. The molecule has 4 nitrogen and oxygen atoms in total. The molecule has 1 aromatic heterocycles. The number of benzene rings is 1. The van der Waals surface area contributed by atoms with Crippen molar-refractivity contribution in [3.05, 3.63) is 50.9 Å². The molecule has 0 atom stereocenters. The summed E-state index contributed by atoms with van der Waals surface area (Å²) in [5.74, 6) is 0.302. The second-order valence-corrected chi connectivity index (χ2v) is 5.62. The highest BCUT2D eigenvalue weighted by atomic mass is 35.5. The third kappa shape index (κ3) is 4.21. The van der Waals surface area contributed by atoms with Gasteiger partial charge in [0.2, 0.25) is 0 Å². The Balaban J connectivity index is 1.91. The van der Waals surface area contributed by atoms with Gasteiger partial charge in [-0.25, -0.2) is 4.98 Å². The topological polar surface area (TPSA) is 60.5 Å². The van der Waals surface area contributed by atoms with Gasteiger partial charge in [0.15, 0.2) is 12.4 Å². The molecule has 0 aliphatic heterocycles. The zero-order valence-electron chi connectivity index (χ0n) is 11.2. The molecule has 0 aliphatic rings. The number of thiazole rings is 1. The van der Waals surface area contributed by atoms with E-state index in [1.807, 2.05) is 17.5 Å². The van der Waals surface area contributed by atoms with E-state index in [2.05, 4.69) is 17.1 Å². The van der Waals surface area contributed by atoms with Gasteiger partial charge in [-0.2, -0.15) is 0 Å². The van der Waals surface area contributed by atoms with Crippen molar-refractivity contribution in [1.29, 1.82) is 0 Å². The molecule has 2 aromatic rings. The number of aryl methyl sites for hydroxylation is 1. The Morgan fingerprint density at radius 2 is 2.35 bits per heavy atom. The predicted octanol–water partition coefficient (Wildman–Crippen LogP) is 3.59. The van der Waals surface area contributed by atoms with E-state index in [0.29, 0.717) is 17.5 Å². The maximum Gasteiger partial charge on any atom is 0.170 e. The normalized spacial score (nSPS) is 11.6. The molecule has 0 saturated heterocycles. The van der Waals surface area contributed by atoms with E-state index in [9.17, 15) is 0 Å². The summed E-state index contributed by atoms with van der Waals surface area (Å²) in [6, 6.07) is 7.17. The van der Waals surface area contributed by atoms with E-state index >= 15 is 0 Å². The second kappa shape index (κ2) is 7.26. The van der Waals surface area contributed by atoms with E-state index in [-0.39, 0.29) is 0 Å². The molecule has 0 aliphatic carbocycles. The lowest BCUT2D eigenvalue weighted by molar-refractivity contribution is 0.128. The summed E-state index contributed by atoms with van der Waals surface area (Å²) in [7, 11) is 0. The standard InChI is InChI=1S/C14H16ClN3OS/c1-2-4-13-17-12(9-20-13)8-19-18-14(16)10-5-3-6-11(15)7-10/h3,5-7,9H,2,4,8H2,1H3,(H2,16,18). The summed E-state index contributed by atoms with van der Waals surface area (Å²) < 4.78 is 0. The van der Waals surface area contributed by atoms with Crippen molar-refractivity contribution in [3.8, 4) is 0 Å². The maximum absolute atomic E-state index is 5.89. The van der Waals surface area contributed by atoms with Gasteiger partial charge in [0.25, 0.3) is 0 Å². The zero-order chi connectivity index (χ0) is 14.4. The molecule has 0 radical (unpaired) electrons. The highest BCUT2D eigenvalue weighted by Gasteiger charge is 2.03. The van der Waals surface area contributed by atoms with Crippen molar-refractivity contribution >= 4 is 28.8 Å². The number of aromatic nitrogens is 1. The van der Waals surface area contributed by atoms with Crippen molar-refractivity contribution in [1.82, 2.24) is 4.98 Å². The number of nitrogens with zero attached hydrogens (tertiary/aromatic N) is 2. The number of hydrogen-bond acceptors (Lipinski definition) is 4. The summed E-state index contributed by atoms with van der Waals surface area (Å²) in [6.45, 7) is 2.45. The van der Waals surface area contributed by atoms with Crippen LogP contribution in [0.3, 0.4) is 0 Å². The molecular formula is C14H16ClN3OS. The molecule has 2 N–H and O–H groups in total. The Labute approximate surface area is 127 Å². The van der Waals surface area contributed by atoms with Crippen LogP contribution >= 0.6 is 22.9 Å². The Bertz CT molecular complexity index is 598. The minimum atomic E-state index is 0.302. The fourth-order valence-electron chi connectivity index (χ4n) is 1.61. The minimum Gasteiger partial charge on any atom is -0.388 e. The quantitative estimate of drug-likeness (QED) is 0.504. The van der Waals surface area contributed by atoms with E-state index < -0.39 is 0 Å². The predicted molar refractivity (Wildman–Crippen MR) is 83.1 cm³/mol. The molecule has 0 saturated carbocycles. The highest BCUT2D eigenvalue weighted by molar-refractivity contribution is 7.09. The van der Waals surface area contributed by atoms with Gasteiger partial charge in [0, 0.05) is 16.0 Å². The average molecular weight is 310 g/mol. The number of halogens is 1. The van der Waals surface area contributed by atoms with Crippen LogP contribution in [0.1, 0.15) is 29.6 Å². The largest absolute Gasteiger partial charge is 0.388 e. The molecule has 20 heavy (non-hydrogen) atoms. The van der Waals surface area contributed by atoms with Crippen LogP contribution in [0, 0.1) is 0 Å². The van der Waals surface area contributed by atoms with Gasteiger partial charge in [-0.15, -0.1) is 11.3 Å². The number of nitrogens with two attached hydrogens (primary N) is 1. The van der Waals surface area contributed by atoms with Crippen LogP contribution in [-0.4, -0.2) is 10.8 Å². The molecule has 0 bridgehead atoms. The zero-order valence-corrected chi connectivity index (χ0v) is 12.7. The summed E-state index contributed by atoms with van der Waals surface area (Å²) >= 11 is 7.53. The smallest absolute Gasteiger partial charge is 0.170 e. The fourth-order valence-corrected chi connectivity index (χ4v) is 2.69. The lowest BCUT2D eigenvalue weighted by Gasteiger charge is -2.01. The van der Waals surface area contributed by atoms with E-state index in [0.717, 1.165) is 29.1 Å². The van der Waals surface area contributed by atoms with Crippen molar-refractivity contribution in [2.24, 2.45) is 10.9 Å². The molecular weight excluding hydrogens is 294 g/mol. The van der Waals surface area contributed by atoms with Crippen LogP contribution < -0.4 is 5.73 Å². The number of rotatable bonds is 6. The Hall–Kier alpha value is -1.59. The number of oxime groups is 1. The molecule has 0 unspecified atom stereocenters. The lowest BCUT2D eigenvalue weighted by Crippen LogP contribution is -2.13. The first-order valence-electron chi connectivity index (χ1n) is 6.33. The molecule has 0 fully saturated rings. The summed E-state index contributed by atoms with van der Waals surface area (Å²) in [4.78, 5) is 9.68. The third-order valence-electron chi connectivity index (χ3n) is 2.56. The van der Waals surface area contributed by atoms with E-state index in [4.69, 9.17) is 22.2 Å². The highest BCUT2D eigenvalue weighted by Crippen LogP contribution is 2.13. The molecule has 0 spiro atoms. The summed E-state index contributed by atoms with van der Waals surface area (Å²) in [5.41, 5.74) is 7.44. The van der Waals surface area contributed by atoms with Crippen molar-refractivity contribution in [3.63, 3.8) is 0 Å². The van der Waals surface area contributed by atoms with Gasteiger partial charge in [-0.1, -0.05) is 35.8 Å². The SMILES string of the molecule is CCCc1nc(CO/N=C(/N)c2cccc(Cl)c2)cs1. The number of hydrogen-bond donors (Lipinski definition) is 1. The summed E-state index contributed by atoms with van der Waals surface area (Å²) in [6.07, 6.45) is 2.09. The monoisotopic (exact) mass is 309 g/mol. The lowest BCUT2D eigenvalue weighted by atomic mass is 10.2. The molecule has 2 rings (SSSR count). The fraction of sp³-hybridized carbons (Fsp3) is 0.286. The molecule has 1 heterocycles. The first kappa shape index (κ1) is 14.8.